The van der Waals surface area contributed by atoms with Crippen LogP contribution in [0.4, 0.5) is 0 Å². The Kier molecular flexibility index (Phi) is 3.84. The SMILES string of the molecule is CN(C)C(=O)C1CNCCN1C(=O)c1cncn1C. The second kappa shape index (κ2) is 5.40. The van der Waals surface area contributed by atoms with Gasteiger partial charge in [0.25, 0.3) is 5.91 Å². The van der Waals surface area contributed by atoms with Gasteiger partial charge < -0.3 is 19.7 Å². The van der Waals surface area contributed by atoms with E-state index in [0.29, 0.717) is 25.3 Å². The van der Waals surface area contributed by atoms with E-state index >= 15 is 0 Å². The van der Waals surface area contributed by atoms with Crippen molar-refractivity contribution in [1.82, 2.24) is 24.7 Å². The van der Waals surface area contributed by atoms with Crippen molar-refractivity contribution >= 4 is 11.8 Å². The van der Waals surface area contributed by atoms with E-state index in [2.05, 4.69) is 10.3 Å². The van der Waals surface area contributed by atoms with Gasteiger partial charge >= 0.3 is 0 Å². The maximum Gasteiger partial charge on any atom is 0.272 e. The number of hydrogen-bond donors (Lipinski definition) is 1. The Morgan fingerprint density at radius 1 is 1.47 bits per heavy atom. The summed E-state index contributed by atoms with van der Waals surface area (Å²) in [5, 5.41) is 3.15. The second-order valence-electron chi connectivity index (χ2n) is 4.84. The minimum atomic E-state index is -0.453. The number of carbonyl (C=O) groups excluding carboxylic acids is 2. The quantitative estimate of drug-likeness (QED) is 0.738. The number of nitrogens with one attached hydrogen (secondary N) is 1. The molecule has 19 heavy (non-hydrogen) atoms. The molecule has 0 saturated carbocycles. The van der Waals surface area contributed by atoms with E-state index < -0.39 is 6.04 Å². The minimum Gasteiger partial charge on any atom is -0.347 e. The molecule has 1 atom stereocenters. The molecule has 7 heteroatoms. The van der Waals surface area contributed by atoms with Crippen LogP contribution in [0.3, 0.4) is 0 Å². The number of amides is 2. The normalized spacial score (nSPS) is 19.3. The van der Waals surface area contributed by atoms with Gasteiger partial charge in [-0.3, -0.25) is 9.59 Å². The van der Waals surface area contributed by atoms with Crippen LogP contribution in [-0.4, -0.2) is 70.9 Å². The molecule has 2 amide bonds. The Bertz CT molecular complexity index is 482. The molecule has 2 heterocycles. The van der Waals surface area contributed by atoms with E-state index in [1.54, 1.807) is 36.9 Å². The fourth-order valence-electron chi connectivity index (χ4n) is 2.18. The van der Waals surface area contributed by atoms with Crippen LogP contribution in [0.2, 0.25) is 0 Å². The predicted molar refractivity (Wildman–Crippen MR) is 69.6 cm³/mol. The van der Waals surface area contributed by atoms with Gasteiger partial charge in [0.1, 0.15) is 11.7 Å². The van der Waals surface area contributed by atoms with E-state index in [9.17, 15) is 9.59 Å². The van der Waals surface area contributed by atoms with Crippen molar-refractivity contribution in [3.63, 3.8) is 0 Å². The molecular formula is C12H19N5O2. The number of aromatic nitrogens is 2. The number of nitrogens with zero attached hydrogens (tertiary/aromatic N) is 4. The van der Waals surface area contributed by atoms with Crippen LogP contribution in [0, 0.1) is 0 Å². The monoisotopic (exact) mass is 265 g/mol. The third-order valence-corrected chi connectivity index (χ3v) is 3.27. The zero-order valence-corrected chi connectivity index (χ0v) is 11.5. The molecule has 1 saturated heterocycles. The van der Waals surface area contributed by atoms with Crippen LogP contribution >= 0.6 is 0 Å². The van der Waals surface area contributed by atoms with E-state index in [-0.39, 0.29) is 11.8 Å². The summed E-state index contributed by atoms with van der Waals surface area (Å²) in [5.41, 5.74) is 0.499. The van der Waals surface area contributed by atoms with Gasteiger partial charge in [-0.1, -0.05) is 0 Å². The molecule has 2 rings (SSSR count). The number of piperazine rings is 1. The van der Waals surface area contributed by atoms with Gasteiger partial charge in [-0.05, 0) is 0 Å². The summed E-state index contributed by atoms with van der Waals surface area (Å²) < 4.78 is 1.67. The van der Waals surface area contributed by atoms with Crippen LogP contribution in [0.1, 0.15) is 10.5 Å². The molecule has 0 aromatic carbocycles. The van der Waals surface area contributed by atoms with Gasteiger partial charge in [-0.15, -0.1) is 0 Å². The van der Waals surface area contributed by atoms with Crippen LogP contribution in [-0.2, 0) is 11.8 Å². The lowest BCUT2D eigenvalue weighted by Gasteiger charge is -2.36. The third kappa shape index (κ3) is 2.60. The summed E-state index contributed by atoms with van der Waals surface area (Å²) in [6, 6.07) is -0.453. The Balaban J connectivity index is 2.23. The van der Waals surface area contributed by atoms with Crippen molar-refractivity contribution in [2.75, 3.05) is 33.7 Å². The fraction of sp³-hybridized carbons (Fsp3) is 0.583. The molecule has 1 aliphatic rings. The largest absolute Gasteiger partial charge is 0.347 e. The molecule has 104 valence electrons. The predicted octanol–water partition coefficient (Wildman–Crippen LogP) is -1.08. The number of imidazole rings is 1. The molecule has 0 radical (unpaired) electrons. The van der Waals surface area contributed by atoms with Crippen LogP contribution in [0.5, 0.6) is 0 Å². The first-order valence-electron chi connectivity index (χ1n) is 6.21. The standard InChI is InChI=1S/C12H19N5O2/c1-15(2)11(18)10-7-13-4-5-17(10)12(19)9-6-14-8-16(9)3/h6,8,10,13H,4-5,7H2,1-3H3. The Hall–Kier alpha value is -1.89. The molecular weight excluding hydrogens is 246 g/mol. The Morgan fingerprint density at radius 2 is 2.21 bits per heavy atom. The molecule has 1 N–H and O–H groups in total. The zero-order chi connectivity index (χ0) is 14.0. The first kappa shape index (κ1) is 13.5. The smallest absolute Gasteiger partial charge is 0.272 e. The minimum absolute atomic E-state index is 0.0669. The summed E-state index contributed by atoms with van der Waals surface area (Å²) in [4.78, 5) is 31.7. The summed E-state index contributed by atoms with van der Waals surface area (Å²) in [6.07, 6.45) is 3.11. The average molecular weight is 265 g/mol. The molecule has 0 aliphatic carbocycles. The average Bonchev–Trinajstić information content (AvgIpc) is 2.83. The highest BCUT2D eigenvalue weighted by Gasteiger charge is 2.34. The molecule has 1 aliphatic heterocycles. The van der Waals surface area contributed by atoms with Crippen molar-refractivity contribution in [2.24, 2.45) is 7.05 Å². The Morgan fingerprint density at radius 3 is 2.79 bits per heavy atom. The molecule has 0 spiro atoms. The molecule has 1 aromatic rings. The lowest BCUT2D eigenvalue weighted by molar-refractivity contribution is -0.134. The summed E-state index contributed by atoms with van der Waals surface area (Å²) in [5.74, 6) is -0.218. The van der Waals surface area contributed by atoms with Gasteiger partial charge in [0.15, 0.2) is 0 Å². The number of rotatable bonds is 2. The number of aryl methyl sites for hydroxylation is 1. The molecule has 1 unspecified atom stereocenters. The summed E-state index contributed by atoms with van der Waals surface area (Å²) in [7, 11) is 5.17. The number of carbonyl (C=O) groups is 2. The second-order valence-corrected chi connectivity index (χ2v) is 4.84. The fourth-order valence-corrected chi connectivity index (χ4v) is 2.18. The van der Waals surface area contributed by atoms with E-state index in [0.717, 1.165) is 0 Å². The van der Waals surface area contributed by atoms with Crippen molar-refractivity contribution in [2.45, 2.75) is 6.04 Å². The van der Waals surface area contributed by atoms with Gasteiger partial charge in [-0.25, -0.2) is 4.98 Å². The maximum absolute atomic E-state index is 12.5. The number of likely N-dealkylation sites (N-methyl/N-ethyl adjacent to an activating group) is 1. The summed E-state index contributed by atoms with van der Waals surface area (Å²) >= 11 is 0. The van der Waals surface area contributed by atoms with Gasteiger partial charge in [0.2, 0.25) is 5.91 Å². The third-order valence-electron chi connectivity index (χ3n) is 3.27. The van der Waals surface area contributed by atoms with Gasteiger partial charge in [0.05, 0.1) is 12.5 Å². The van der Waals surface area contributed by atoms with E-state index in [1.807, 2.05) is 0 Å². The van der Waals surface area contributed by atoms with Crippen LogP contribution < -0.4 is 5.32 Å². The van der Waals surface area contributed by atoms with Crippen molar-refractivity contribution < 1.29 is 9.59 Å². The van der Waals surface area contributed by atoms with E-state index in [4.69, 9.17) is 0 Å². The summed E-state index contributed by atoms with van der Waals surface area (Å²) in [6.45, 7) is 1.70. The van der Waals surface area contributed by atoms with Crippen molar-refractivity contribution in [1.29, 1.82) is 0 Å². The molecule has 1 fully saturated rings. The molecule has 0 bridgehead atoms. The first-order chi connectivity index (χ1) is 9.02. The highest BCUT2D eigenvalue weighted by molar-refractivity contribution is 5.96. The molecule has 1 aromatic heterocycles. The van der Waals surface area contributed by atoms with Crippen LogP contribution in [0.15, 0.2) is 12.5 Å². The molecule has 7 nitrogen and oxygen atoms in total. The topological polar surface area (TPSA) is 70.5 Å². The zero-order valence-electron chi connectivity index (χ0n) is 11.5. The van der Waals surface area contributed by atoms with E-state index in [1.165, 1.54) is 11.1 Å². The van der Waals surface area contributed by atoms with Gasteiger partial charge in [0, 0.05) is 40.8 Å². The lowest BCUT2D eigenvalue weighted by atomic mass is 10.1. The van der Waals surface area contributed by atoms with Crippen LogP contribution in [0.25, 0.3) is 0 Å². The van der Waals surface area contributed by atoms with Gasteiger partial charge in [-0.2, -0.15) is 0 Å². The first-order valence-corrected chi connectivity index (χ1v) is 6.21. The maximum atomic E-state index is 12.5. The lowest BCUT2D eigenvalue weighted by Crippen LogP contribution is -2.59. The number of hydrogen-bond acceptors (Lipinski definition) is 4. The van der Waals surface area contributed by atoms with Crippen molar-refractivity contribution in [3.05, 3.63) is 18.2 Å². The highest BCUT2D eigenvalue weighted by atomic mass is 16.2. The highest BCUT2D eigenvalue weighted by Crippen LogP contribution is 2.11. The van der Waals surface area contributed by atoms with Crippen molar-refractivity contribution in [3.8, 4) is 0 Å². The Labute approximate surface area is 112 Å².